The lowest BCUT2D eigenvalue weighted by Crippen LogP contribution is -2.46. The lowest BCUT2D eigenvalue weighted by atomic mass is 10.1. The summed E-state index contributed by atoms with van der Waals surface area (Å²) in [6, 6.07) is 1.99. The van der Waals surface area contributed by atoms with Gasteiger partial charge in [-0.1, -0.05) is 32.4 Å². The van der Waals surface area contributed by atoms with E-state index in [1.165, 1.54) is 0 Å². The zero-order valence-corrected chi connectivity index (χ0v) is 6.91. The Balaban J connectivity index is 4.06. The molecule has 0 aliphatic carbocycles. The van der Waals surface area contributed by atoms with E-state index in [0.717, 1.165) is 26.4 Å². The van der Waals surface area contributed by atoms with Crippen LogP contribution in [0.25, 0.3) is 26.3 Å². The Hall–Kier alpha value is -1.30. The Kier molecular flexibility index (Phi) is 1.69. The minimum atomic E-state index is 0.903. The lowest BCUT2D eigenvalue weighted by Gasteiger charge is -1.94. The van der Waals surface area contributed by atoms with Gasteiger partial charge in [0.2, 0.25) is 0 Å². The van der Waals surface area contributed by atoms with Crippen LogP contribution in [0.3, 0.4) is 0 Å². The van der Waals surface area contributed by atoms with Crippen LogP contribution < -0.4 is 20.9 Å². The minimum absolute atomic E-state index is 0.903. The molecule has 11 heavy (non-hydrogen) atoms. The summed E-state index contributed by atoms with van der Waals surface area (Å²) >= 11 is 0. The molecule has 0 spiro atoms. The molecule has 0 atom stereocenters. The first-order valence-electron chi connectivity index (χ1n) is 3.49. The topological polar surface area (TPSA) is 0 Å². The largest absolute Gasteiger partial charge is 0.0911 e. The van der Waals surface area contributed by atoms with Crippen molar-refractivity contribution in [3.63, 3.8) is 0 Å². The maximum atomic E-state index is 3.89. The first-order chi connectivity index (χ1) is 5.04. The number of rotatable bonds is 0. The van der Waals surface area contributed by atoms with E-state index in [1.54, 1.807) is 0 Å². The fourth-order valence-corrected chi connectivity index (χ4v) is 1.05. The molecule has 0 amide bonds. The molecule has 0 radical (unpaired) electrons. The molecule has 0 N–H and O–H groups in total. The zero-order chi connectivity index (χ0) is 8.59. The van der Waals surface area contributed by atoms with Crippen LogP contribution in [0.4, 0.5) is 0 Å². The van der Waals surface area contributed by atoms with Gasteiger partial charge in [-0.05, 0) is 33.4 Å². The van der Waals surface area contributed by atoms with E-state index in [9.17, 15) is 0 Å². The van der Waals surface area contributed by atoms with E-state index in [4.69, 9.17) is 0 Å². The molecule has 0 nitrogen and oxygen atoms in total. The van der Waals surface area contributed by atoms with Gasteiger partial charge in [0.25, 0.3) is 0 Å². The quantitative estimate of drug-likeness (QED) is 0.466. The van der Waals surface area contributed by atoms with Crippen LogP contribution in [-0.2, 0) is 0 Å². The molecule has 1 aromatic rings. The predicted octanol–water partition coefficient (Wildman–Crippen LogP) is -0.364. The van der Waals surface area contributed by atoms with E-state index in [-0.39, 0.29) is 0 Å². The highest BCUT2D eigenvalue weighted by molar-refractivity contribution is 5.29. The van der Waals surface area contributed by atoms with Gasteiger partial charge < -0.3 is 0 Å². The third-order valence-electron chi connectivity index (χ3n) is 1.98. The van der Waals surface area contributed by atoms with Gasteiger partial charge in [0.1, 0.15) is 0 Å². The van der Waals surface area contributed by atoms with Gasteiger partial charge >= 0.3 is 0 Å². The molecular weight excluding hydrogens is 132 g/mol. The number of aryl methyl sites for hydroxylation is 1. The molecular formula is C11H12. The van der Waals surface area contributed by atoms with Gasteiger partial charge in [-0.15, -0.1) is 0 Å². The van der Waals surface area contributed by atoms with Crippen molar-refractivity contribution in [1.82, 2.24) is 0 Å². The number of benzene rings is 1. The van der Waals surface area contributed by atoms with Crippen molar-refractivity contribution in [3.05, 3.63) is 32.5 Å². The van der Waals surface area contributed by atoms with Crippen molar-refractivity contribution in [2.75, 3.05) is 0 Å². The third-order valence-corrected chi connectivity index (χ3v) is 1.98. The second-order valence-corrected chi connectivity index (χ2v) is 2.79. The summed E-state index contributed by atoms with van der Waals surface area (Å²) in [7, 11) is 0. The van der Waals surface area contributed by atoms with Crippen LogP contribution in [-0.4, -0.2) is 0 Å². The second-order valence-electron chi connectivity index (χ2n) is 2.79. The summed E-state index contributed by atoms with van der Waals surface area (Å²) in [6.45, 7) is 17.5. The van der Waals surface area contributed by atoms with E-state index in [1.807, 2.05) is 13.0 Å². The third kappa shape index (κ3) is 1.12. The standard InChI is InChI=1S/C11H12/c1-7-6-8(2)10(4)11(5)9(7)3/h6H,1,3-5H2,2H3. The fraction of sp³-hybridized carbons (Fsp3) is 0.0909. The maximum Gasteiger partial charge on any atom is -0.0187 e. The lowest BCUT2D eigenvalue weighted by molar-refractivity contribution is 1.32. The molecule has 0 bridgehead atoms. The fourth-order valence-electron chi connectivity index (χ4n) is 1.05. The summed E-state index contributed by atoms with van der Waals surface area (Å²) in [6.07, 6.45) is 0. The van der Waals surface area contributed by atoms with Gasteiger partial charge in [-0.2, -0.15) is 0 Å². The Morgan fingerprint density at radius 2 is 1.45 bits per heavy atom. The van der Waals surface area contributed by atoms with E-state index in [0.29, 0.717) is 0 Å². The van der Waals surface area contributed by atoms with Crippen molar-refractivity contribution in [2.24, 2.45) is 0 Å². The maximum absolute atomic E-state index is 3.89. The SMILES string of the molecule is C=c1cc(C)c(=C)c(=C)c1=C. The van der Waals surface area contributed by atoms with Crippen molar-refractivity contribution >= 4 is 26.3 Å². The van der Waals surface area contributed by atoms with Crippen LogP contribution in [0.2, 0.25) is 0 Å². The molecule has 0 heterocycles. The highest BCUT2D eigenvalue weighted by atomic mass is 13.9. The molecule has 1 rings (SSSR count). The van der Waals surface area contributed by atoms with E-state index >= 15 is 0 Å². The average Bonchev–Trinajstić information content (AvgIpc) is 1.97. The molecule has 0 aromatic heterocycles. The summed E-state index contributed by atoms with van der Waals surface area (Å²) in [5.41, 5.74) is 1.13. The van der Waals surface area contributed by atoms with Crippen LogP contribution in [0, 0.1) is 6.92 Å². The molecule has 1 aromatic carbocycles. The minimum Gasteiger partial charge on any atom is -0.0911 e. The second kappa shape index (κ2) is 2.39. The highest BCUT2D eigenvalue weighted by Gasteiger charge is 1.88. The molecule has 0 aliphatic heterocycles. The molecule has 0 saturated carbocycles. The summed E-state index contributed by atoms with van der Waals surface area (Å²) < 4.78 is 0. The van der Waals surface area contributed by atoms with Crippen molar-refractivity contribution < 1.29 is 0 Å². The number of hydrogen-bond acceptors (Lipinski definition) is 0. The molecule has 0 aliphatic rings. The van der Waals surface area contributed by atoms with Gasteiger partial charge in [0.15, 0.2) is 0 Å². The number of hydrogen-bond donors (Lipinski definition) is 0. The molecule has 0 saturated heterocycles. The van der Waals surface area contributed by atoms with Crippen LogP contribution in [0.15, 0.2) is 6.07 Å². The van der Waals surface area contributed by atoms with Crippen LogP contribution in [0.1, 0.15) is 5.56 Å². The van der Waals surface area contributed by atoms with Gasteiger partial charge in [-0.25, -0.2) is 0 Å². The normalized spacial score (nSPS) is 9.91. The highest BCUT2D eigenvalue weighted by Crippen LogP contribution is 1.72. The zero-order valence-electron chi connectivity index (χ0n) is 6.91. The molecule has 0 unspecified atom stereocenters. The van der Waals surface area contributed by atoms with Gasteiger partial charge in [-0.3, -0.25) is 0 Å². The molecule has 0 heteroatoms. The Labute approximate surface area is 66.5 Å². The van der Waals surface area contributed by atoms with Gasteiger partial charge in [0, 0.05) is 0 Å². The molecule has 56 valence electrons. The predicted molar refractivity (Wildman–Crippen MR) is 51.8 cm³/mol. The van der Waals surface area contributed by atoms with Crippen molar-refractivity contribution in [1.29, 1.82) is 0 Å². The Morgan fingerprint density at radius 1 is 0.909 bits per heavy atom. The first kappa shape index (κ1) is 7.80. The summed E-state index contributed by atoms with van der Waals surface area (Å²) in [5.74, 6) is 0. The van der Waals surface area contributed by atoms with Crippen LogP contribution >= 0.6 is 0 Å². The van der Waals surface area contributed by atoms with Crippen LogP contribution in [0.5, 0.6) is 0 Å². The monoisotopic (exact) mass is 144 g/mol. The van der Waals surface area contributed by atoms with Crippen molar-refractivity contribution in [2.45, 2.75) is 6.92 Å². The van der Waals surface area contributed by atoms with Gasteiger partial charge in [0.05, 0.1) is 0 Å². The summed E-state index contributed by atoms with van der Waals surface area (Å²) in [5, 5.41) is 3.73. The van der Waals surface area contributed by atoms with E-state index < -0.39 is 0 Å². The Bertz CT molecular complexity index is 466. The first-order valence-corrected chi connectivity index (χ1v) is 3.49. The average molecular weight is 144 g/mol. The van der Waals surface area contributed by atoms with E-state index in [2.05, 4.69) is 26.3 Å². The smallest absolute Gasteiger partial charge is 0.0187 e. The Morgan fingerprint density at radius 3 is 2.00 bits per heavy atom. The summed E-state index contributed by atoms with van der Waals surface area (Å²) in [4.78, 5) is 0. The van der Waals surface area contributed by atoms with Crippen molar-refractivity contribution in [3.8, 4) is 0 Å². The molecule has 0 fully saturated rings.